The Morgan fingerprint density at radius 1 is 1.32 bits per heavy atom. The fourth-order valence-electron chi connectivity index (χ4n) is 3.17. The Labute approximate surface area is 151 Å². The normalized spacial score (nSPS) is 15.4. The van der Waals surface area contributed by atoms with Gasteiger partial charge in [-0.2, -0.15) is 5.10 Å². The van der Waals surface area contributed by atoms with Crippen molar-refractivity contribution >= 4 is 17.7 Å². The highest BCUT2D eigenvalue weighted by atomic mass is 32.2. The third-order valence-corrected chi connectivity index (χ3v) is 5.43. The molecule has 0 spiro atoms. The Morgan fingerprint density at radius 3 is 2.76 bits per heavy atom. The van der Waals surface area contributed by atoms with Gasteiger partial charge < -0.3 is 11.2 Å². The summed E-state index contributed by atoms with van der Waals surface area (Å²) in [7, 11) is 0. The summed E-state index contributed by atoms with van der Waals surface area (Å²) in [5, 5.41) is 16.0. The summed E-state index contributed by atoms with van der Waals surface area (Å²) in [5.41, 5.74) is 1.81. The molecule has 0 bridgehead atoms. The molecule has 0 saturated heterocycles. The van der Waals surface area contributed by atoms with Crippen LogP contribution in [0.1, 0.15) is 43.5 Å². The smallest absolute Gasteiger partial charge is 0.271 e. The Morgan fingerprint density at radius 2 is 2.08 bits per heavy atom. The number of rotatable bonds is 6. The molecule has 0 unspecified atom stereocenters. The van der Waals surface area contributed by atoms with Gasteiger partial charge in [-0.15, -0.1) is 10.2 Å². The number of nitrogens with one attached hydrogen (secondary N) is 1. The second-order valence-corrected chi connectivity index (χ2v) is 7.53. The van der Waals surface area contributed by atoms with Crippen molar-refractivity contribution in [2.45, 2.75) is 51.1 Å². The Balaban J connectivity index is 1.53. The van der Waals surface area contributed by atoms with Crippen LogP contribution in [0.4, 0.5) is 0 Å². The van der Waals surface area contributed by atoms with Crippen molar-refractivity contribution in [3.05, 3.63) is 17.5 Å². The Kier molecular flexibility index (Phi) is 5.62. The van der Waals surface area contributed by atoms with E-state index in [1.54, 1.807) is 4.68 Å². The zero-order chi connectivity index (χ0) is 17.8. The van der Waals surface area contributed by atoms with Crippen LogP contribution in [-0.2, 0) is 4.79 Å². The van der Waals surface area contributed by atoms with Gasteiger partial charge in [-0.25, -0.2) is 9.36 Å². The molecule has 25 heavy (non-hydrogen) atoms. The third kappa shape index (κ3) is 4.33. The van der Waals surface area contributed by atoms with E-state index >= 15 is 0 Å². The molecule has 0 atom stereocenters. The van der Waals surface area contributed by atoms with Gasteiger partial charge in [0.25, 0.3) is 5.95 Å². The average Bonchev–Trinajstić information content (AvgIpc) is 3.13. The third-order valence-electron chi connectivity index (χ3n) is 4.49. The molecule has 2 aromatic rings. The van der Waals surface area contributed by atoms with Gasteiger partial charge in [0.1, 0.15) is 0 Å². The molecule has 1 fully saturated rings. The molecule has 1 aliphatic carbocycles. The lowest BCUT2D eigenvalue weighted by molar-refractivity contribution is -0.118. The molecule has 8 nitrogen and oxygen atoms in total. The van der Waals surface area contributed by atoms with E-state index in [0.717, 1.165) is 17.9 Å². The zero-order valence-corrected chi connectivity index (χ0v) is 15.6. The molecular formula is C16H25N7OS. The molecule has 0 aliphatic heterocycles. The number of carbonyl (C=O) groups excluding carboxylic acids is 1. The summed E-state index contributed by atoms with van der Waals surface area (Å²) >= 11 is 1.28. The number of amides is 1. The highest BCUT2D eigenvalue weighted by molar-refractivity contribution is 7.99. The maximum atomic E-state index is 12.1. The largest absolute Gasteiger partial charge is 0.355 e. The van der Waals surface area contributed by atoms with Gasteiger partial charge in [-0.05, 0) is 38.7 Å². The standard InChI is InChI=1S/C16H25N7OS/c1-11-8-12(2)23(21-11)15-19-20-16(22(15)17)25-10-14(24)18-9-13-6-4-3-5-7-13/h8,13H,3-7,9-10,17H2,1-2H3,(H,18,24). The summed E-state index contributed by atoms with van der Waals surface area (Å²) in [6.07, 6.45) is 6.32. The molecule has 2 heterocycles. The number of aryl methyl sites for hydroxylation is 2. The first-order valence-electron chi connectivity index (χ1n) is 8.68. The number of nitrogens with zero attached hydrogens (tertiary/aromatic N) is 5. The minimum absolute atomic E-state index is 0.00578. The van der Waals surface area contributed by atoms with E-state index in [0.29, 0.717) is 17.0 Å². The monoisotopic (exact) mass is 363 g/mol. The summed E-state index contributed by atoms with van der Waals surface area (Å²) in [6, 6.07) is 1.94. The van der Waals surface area contributed by atoms with E-state index in [2.05, 4.69) is 20.6 Å². The number of hydrogen-bond donors (Lipinski definition) is 2. The molecule has 0 aromatic carbocycles. The lowest BCUT2D eigenvalue weighted by Crippen LogP contribution is -2.31. The molecule has 1 saturated carbocycles. The first-order valence-corrected chi connectivity index (χ1v) is 9.67. The van der Waals surface area contributed by atoms with E-state index in [9.17, 15) is 4.79 Å². The van der Waals surface area contributed by atoms with E-state index in [1.165, 1.54) is 48.5 Å². The van der Waals surface area contributed by atoms with Crippen LogP contribution in [0, 0.1) is 19.8 Å². The van der Waals surface area contributed by atoms with Crippen LogP contribution >= 0.6 is 11.8 Å². The second kappa shape index (κ2) is 7.90. The molecular weight excluding hydrogens is 338 g/mol. The maximum Gasteiger partial charge on any atom is 0.271 e. The summed E-state index contributed by atoms with van der Waals surface area (Å²) in [5.74, 6) is 7.42. The van der Waals surface area contributed by atoms with Crippen molar-refractivity contribution < 1.29 is 4.79 Å². The molecule has 3 N–H and O–H groups in total. The summed E-state index contributed by atoms with van der Waals surface area (Å²) in [4.78, 5) is 12.1. The predicted molar refractivity (Wildman–Crippen MR) is 97.1 cm³/mol. The second-order valence-electron chi connectivity index (χ2n) is 6.59. The number of carbonyl (C=O) groups is 1. The van der Waals surface area contributed by atoms with E-state index in [1.807, 2.05) is 19.9 Å². The average molecular weight is 363 g/mol. The van der Waals surface area contributed by atoms with Crippen LogP contribution < -0.4 is 11.2 Å². The molecule has 136 valence electrons. The molecule has 9 heteroatoms. The van der Waals surface area contributed by atoms with E-state index in [-0.39, 0.29) is 11.7 Å². The lowest BCUT2D eigenvalue weighted by Gasteiger charge is -2.21. The van der Waals surface area contributed by atoms with Crippen LogP contribution in [0.5, 0.6) is 0 Å². The first kappa shape index (κ1) is 17.8. The van der Waals surface area contributed by atoms with Gasteiger partial charge >= 0.3 is 0 Å². The predicted octanol–water partition coefficient (Wildman–Crippen LogP) is 1.58. The molecule has 1 amide bonds. The molecule has 0 radical (unpaired) electrons. The first-order chi connectivity index (χ1) is 12.0. The van der Waals surface area contributed by atoms with Crippen LogP contribution in [0.3, 0.4) is 0 Å². The molecule has 3 rings (SSSR count). The fraction of sp³-hybridized carbons (Fsp3) is 0.625. The van der Waals surface area contributed by atoms with Gasteiger partial charge in [-0.3, -0.25) is 4.79 Å². The number of aromatic nitrogens is 5. The van der Waals surface area contributed by atoms with Gasteiger partial charge in [0.2, 0.25) is 11.1 Å². The van der Waals surface area contributed by atoms with Crippen molar-refractivity contribution in [2.24, 2.45) is 5.92 Å². The van der Waals surface area contributed by atoms with Crippen molar-refractivity contribution in [3.63, 3.8) is 0 Å². The Bertz CT molecular complexity index is 733. The lowest BCUT2D eigenvalue weighted by atomic mass is 9.89. The zero-order valence-electron chi connectivity index (χ0n) is 14.7. The summed E-state index contributed by atoms with van der Waals surface area (Å²) < 4.78 is 3.02. The van der Waals surface area contributed by atoms with Gasteiger partial charge in [-0.1, -0.05) is 31.0 Å². The van der Waals surface area contributed by atoms with Gasteiger partial charge in [0, 0.05) is 12.2 Å². The SMILES string of the molecule is Cc1cc(C)n(-c2nnc(SCC(=O)NCC3CCCCC3)n2N)n1. The number of nitrogens with two attached hydrogens (primary N) is 1. The summed E-state index contributed by atoms with van der Waals surface area (Å²) in [6.45, 7) is 4.61. The number of thioether (sulfide) groups is 1. The quantitative estimate of drug-likeness (QED) is 0.596. The van der Waals surface area contributed by atoms with Crippen LogP contribution in [0.2, 0.25) is 0 Å². The highest BCUT2D eigenvalue weighted by Crippen LogP contribution is 2.23. The van der Waals surface area contributed by atoms with Crippen LogP contribution in [0.25, 0.3) is 5.95 Å². The Hall–Kier alpha value is -2.03. The van der Waals surface area contributed by atoms with Crippen molar-refractivity contribution in [1.29, 1.82) is 0 Å². The van der Waals surface area contributed by atoms with Crippen molar-refractivity contribution in [2.75, 3.05) is 18.1 Å². The van der Waals surface area contributed by atoms with E-state index < -0.39 is 0 Å². The van der Waals surface area contributed by atoms with Crippen molar-refractivity contribution in [1.82, 2.24) is 30.0 Å². The topological polar surface area (TPSA) is 104 Å². The maximum absolute atomic E-state index is 12.1. The molecule has 2 aromatic heterocycles. The van der Waals surface area contributed by atoms with Crippen LogP contribution in [0.15, 0.2) is 11.2 Å². The van der Waals surface area contributed by atoms with Gasteiger partial charge in [0.05, 0.1) is 11.4 Å². The molecule has 1 aliphatic rings. The number of hydrogen-bond acceptors (Lipinski definition) is 6. The highest BCUT2D eigenvalue weighted by Gasteiger charge is 2.17. The minimum Gasteiger partial charge on any atom is -0.355 e. The van der Waals surface area contributed by atoms with Gasteiger partial charge in [0.15, 0.2) is 0 Å². The van der Waals surface area contributed by atoms with Crippen molar-refractivity contribution in [3.8, 4) is 5.95 Å². The fourth-order valence-corrected chi connectivity index (χ4v) is 3.86. The number of nitrogen functional groups attached to an aromatic ring is 1. The van der Waals surface area contributed by atoms with Crippen LogP contribution in [-0.4, -0.2) is 42.9 Å². The van der Waals surface area contributed by atoms with E-state index in [4.69, 9.17) is 5.84 Å². The minimum atomic E-state index is 0.00578.